The predicted molar refractivity (Wildman–Crippen MR) is 129 cm³/mol. The van der Waals surface area contributed by atoms with Crippen molar-refractivity contribution in [3.63, 3.8) is 0 Å². The Morgan fingerprint density at radius 2 is 1.55 bits per heavy atom. The molecule has 1 aromatic heterocycles. The Morgan fingerprint density at radius 3 is 2.10 bits per heavy atom. The van der Waals surface area contributed by atoms with Crippen LogP contribution in [0.2, 0.25) is 0 Å². The van der Waals surface area contributed by atoms with Gasteiger partial charge in [0, 0.05) is 6.54 Å². The smallest absolute Gasteiger partial charge is 0.457 e. The molecular formula is C24H46N2O4P+. The molecule has 0 saturated carbocycles. The first-order chi connectivity index (χ1) is 15.0. The van der Waals surface area contributed by atoms with Gasteiger partial charge in [0.25, 0.3) is 5.78 Å². The van der Waals surface area contributed by atoms with Crippen LogP contribution in [0, 0.1) is 0 Å². The second kappa shape index (κ2) is 17.7. The van der Waals surface area contributed by atoms with Crippen LogP contribution in [0.15, 0.2) is 16.5 Å². The van der Waals surface area contributed by atoms with E-state index >= 15 is 0 Å². The zero-order chi connectivity index (χ0) is 22.9. The third-order valence-electron chi connectivity index (χ3n) is 5.54. The van der Waals surface area contributed by atoms with Gasteiger partial charge in [0.05, 0.1) is 0 Å². The number of aliphatic hydroxyl groups is 1. The molecular weight excluding hydrogens is 411 g/mol. The zero-order valence-corrected chi connectivity index (χ0v) is 21.2. The summed E-state index contributed by atoms with van der Waals surface area (Å²) in [6, 6.07) is 3.54. The monoisotopic (exact) mass is 457 g/mol. The summed E-state index contributed by atoms with van der Waals surface area (Å²) in [6.45, 7) is 4.37. The molecule has 0 aliphatic carbocycles. The Kier molecular flexibility index (Phi) is 16.2. The molecule has 180 valence electrons. The van der Waals surface area contributed by atoms with Gasteiger partial charge in [-0.15, -0.1) is 4.52 Å². The van der Waals surface area contributed by atoms with E-state index in [1.165, 1.54) is 51.4 Å². The first-order valence-corrected chi connectivity index (χ1v) is 13.4. The largest absolute Gasteiger partial charge is 0.535 e. The highest BCUT2D eigenvalue weighted by Gasteiger charge is 2.40. The van der Waals surface area contributed by atoms with Crippen LogP contribution in [0.25, 0.3) is 0 Å². The third kappa shape index (κ3) is 12.7. The summed E-state index contributed by atoms with van der Waals surface area (Å²) >= 11 is 0. The number of rotatable bonds is 20. The van der Waals surface area contributed by atoms with Gasteiger partial charge in [0.15, 0.2) is 5.76 Å². The Balaban J connectivity index is 2.37. The molecule has 0 saturated heterocycles. The average Bonchev–Trinajstić information content (AvgIpc) is 3.20. The topological polar surface area (TPSA) is 66.2 Å². The van der Waals surface area contributed by atoms with Crippen molar-refractivity contribution in [1.29, 1.82) is 0 Å². The molecule has 0 bridgehead atoms. The fourth-order valence-electron chi connectivity index (χ4n) is 3.67. The first kappa shape index (κ1) is 28.3. The van der Waals surface area contributed by atoms with Gasteiger partial charge in [-0.2, -0.15) is 0 Å². The number of aliphatic hydroxyl groups excluding tert-OH is 1. The summed E-state index contributed by atoms with van der Waals surface area (Å²) in [4.78, 5) is 4.18. The van der Waals surface area contributed by atoms with E-state index in [9.17, 15) is 9.67 Å². The minimum absolute atomic E-state index is 0.159. The van der Waals surface area contributed by atoms with Gasteiger partial charge in [0.2, 0.25) is 0 Å². The van der Waals surface area contributed by atoms with Crippen LogP contribution < -0.4 is 0 Å². The van der Waals surface area contributed by atoms with E-state index in [4.69, 9.17) is 8.94 Å². The number of hydrogen-bond donors (Lipinski definition) is 1. The normalized spacial score (nSPS) is 13.3. The standard InChI is InChI=1S/C24H46N2O4P/c1-5-6-7-8-9-10-11-12-13-14-20-29-31(28)24(23-17-16-22(21-27)30-23)26(4)19-15-18-25(2)3/h16-17,24,27H,5-15,18-21H2,1-4H3/q+1. The van der Waals surface area contributed by atoms with Crippen molar-refractivity contribution in [2.24, 2.45) is 0 Å². The highest BCUT2D eigenvalue weighted by molar-refractivity contribution is 7.39. The van der Waals surface area contributed by atoms with Crippen molar-refractivity contribution in [3.05, 3.63) is 23.7 Å². The molecule has 0 aliphatic rings. The SMILES string of the molecule is CCCCCCCCCCCCO[P+](=O)C(c1ccc(CO)o1)N(C)CCCN(C)C. The van der Waals surface area contributed by atoms with Crippen molar-refractivity contribution < 1.29 is 18.6 Å². The van der Waals surface area contributed by atoms with Crippen molar-refractivity contribution in [2.75, 3.05) is 40.8 Å². The van der Waals surface area contributed by atoms with Crippen LogP contribution in [-0.4, -0.2) is 55.7 Å². The van der Waals surface area contributed by atoms with E-state index in [0.29, 0.717) is 18.1 Å². The molecule has 31 heavy (non-hydrogen) atoms. The average molecular weight is 458 g/mol. The van der Waals surface area contributed by atoms with Gasteiger partial charge in [-0.3, -0.25) is 4.90 Å². The van der Waals surface area contributed by atoms with Crippen LogP contribution in [0.3, 0.4) is 0 Å². The van der Waals surface area contributed by atoms with E-state index in [1.807, 2.05) is 26.0 Å². The molecule has 0 amide bonds. The Labute approximate surface area is 191 Å². The van der Waals surface area contributed by atoms with Crippen LogP contribution in [-0.2, 0) is 15.7 Å². The molecule has 6 nitrogen and oxygen atoms in total. The van der Waals surface area contributed by atoms with Gasteiger partial charge >= 0.3 is 8.03 Å². The minimum atomic E-state index is -1.93. The molecule has 0 radical (unpaired) electrons. The van der Waals surface area contributed by atoms with Gasteiger partial charge in [-0.25, -0.2) is 0 Å². The minimum Gasteiger partial charge on any atom is -0.457 e. The molecule has 1 heterocycles. The fraction of sp³-hybridized carbons (Fsp3) is 0.833. The molecule has 2 unspecified atom stereocenters. The molecule has 1 N–H and O–H groups in total. The molecule has 1 aromatic rings. The van der Waals surface area contributed by atoms with Gasteiger partial charge in [-0.05, 0) is 57.2 Å². The van der Waals surface area contributed by atoms with Crippen molar-refractivity contribution in [3.8, 4) is 0 Å². The maximum Gasteiger partial charge on any atom is 0.535 e. The van der Waals surface area contributed by atoms with Crippen LogP contribution in [0.5, 0.6) is 0 Å². The second-order valence-electron chi connectivity index (χ2n) is 8.77. The molecule has 0 spiro atoms. The zero-order valence-electron chi connectivity index (χ0n) is 20.4. The molecule has 0 aliphatic heterocycles. The highest BCUT2D eigenvalue weighted by Crippen LogP contribution is 2.44. The maximum atomic E-state index is 13.0. The first-order valence-electron chi connectivity index (χ1n) is 12.1. The summed E-state index contributed by atoms with van der Waals surface area (Å²) < 4.78 is 24.5. The molecule has 0 aromatic carbocycles. The Bertz CT molecular complexity index is 580. The number of hydrogen-bond acceptors (Lipinski definition) is 6. The predicted octanol–water partition coefficient (Wildman–Crippen LogP) is 6.33. The lowest BCUT2D eigenvalue weighted by atomic mass is 10.1. The summed E-state index contributed by atoms with van der Waals surface area (Å²) in [6.07, 6.45) is 13.6. The van der Waals surface area contributed by atoms with Gasteiger partial charge in [-0.1, -0.05) is 64.7 Å². The number of nitrogens with zero attached hydrogens (tertiary/aromatic N) is 2. The maximum absolute atomic E-state index is 13.0. The van der Waals surface area contributed by atoms with Crippen LogP contribution in [0.4, 0.5) is 0 Å². The van der Waals surface area contributed by atoms with E-state index in [-0.39, 0.29) is 6.61 Å². The molecule has 1 rings (SSSR count). The lowest BCUT2D eigenvalue weighted by molar-refractivity contribution is 0.212. The Hall–Kier alpha value is -0.780. The number of furan rings is 1. The fourth-order valence-corrected chi connectivity index (χ4v) is 4.91. The van der Waals surface area contributed by atoms with Crippen molar-refractivity contribution in [2.45, 2.75) is 89.9 Å². The summed E-state index contributed by atoms with van der Waals surface area (Å²) in [7, 11) is 4.12. The lowest BCUT2D eigenvalue weighted by Gasteiger charge is -2.19. The van der Waals surface area contributed by atoms with E-state index < -0.39 is 13.8 Å². The summed E-state index contributed by atoms with van der Waals surface area (Å²) in [5.74, 6) is 0.654. The second-order valence-corrected chi connectivity index (χ2v) is 10.1. The molecule has 0 fully saturated rings. The van der Waals surface area contributed by atoms with Crippen LogP contribution >= 0.6 is 8.03 Å². The summed E-state index contributed by atoms with van der Waals surface area (Å²) in [5, 5.41) is 9.31. The molecule has 2 atom stereocenters. The van der Waals surface area contributed by atoms with E-state index in [2.05, 4.69) is 11.8 Å². The van der Waals surface area contributed by atoms with Gasteiger partial charge in [0.1, 0.15) is 19.0 Å². The highest BCUT2D eigenvalue weighted by atomic mass is 31.1. The lowest BCUT2D eigenvalue weighted by Crippen LogP contribution is -2.26. The summed E-state index contributed by atoms with van der Waals surface area (Å²) in [5.41, 5.74) is 0. The van der Waals surface area contributed by atoms with Crippen molar-refractivity contribution in [1.82, 2.24) is 9.80 Å². The quantitative estimate of drug-likeness (QED) is 0.182. The van der Waals surface area contributed by atoms with E-state index in [1.54, 1.807) is 12.1 Å². The third-order valence-corrected chi connectivity index (χ3v) is 7.03. The van der Waals surface area contributed by atoms with E-state index in [0.717, 1.165) is 32.4 Å². The van der Waals surface area contributed by atoms with Gasteiger partial charge < -0.3 is 14.4 Å². The molecule has 7 heteroatoms. The van der Waals surface area contributed by atoms with Crippen molar-refractivity contribution >= 4 is 8.03 Å². The van der Waals surface area contributed by atoms with Crippen LogP contribution in [0.1, 0.15) is 94.9 Å². The Morgan fingerprint density at radius 1 is 0.935 bits per heavy atom. The number of unbranched alkanes of at least 4 members (excludes halogenated alkanes) is 9.